The van der Waals surface area contributed by atoms with Crippen molar-refractivity contribution >= 4 is 15.9 Å². The van der Waals surface area contributed by atoms with Gasteiger partial charge in [-0.1, -0.05) is 15.9 Å². The Bertz CT molecular complexity index is 433. The Morgan fingerprint density at radius 3 is 2.47 bits per heavy atom. The molecule has 0 spiro atoms. The second kappa shape index (κ2) is 4.62. The van der Waals surface area contributed by atoms with E-state index in [-0.39, 0.29) is 5.82 Å². The fraction of sp³-hybridized carbons (Fsp3) is 0.167. The van der Waals surface area contributed by atoms with E-state index in [9.17, 15) is 4.39 Å². The first kappa shape index (κ1) is 10.4. The van der Waals surface area contributed by atoms with E-state index in [1.165, 1.54) is 12.1 Å². The minimum atomic E-state index is -0.231. The first-order valence-electron chi connectivity index (χ1n) is 4.70. The van der Waals surface area contributed by atoms with E-state index >= 15 is 0 Å². The van der Waals surface area contributed by atoms with Crippen LogP contribution in [0.1, 0.15) is 5.76 Å². The van der Waals surface area contributed by atoms with E-state index in [0.29, 0.717) is 0 Å². The third kappa shape index (κ3) is 2.48. The molecule has 0 radical (unpaired) electrons. The van der Waals surface area contributed by atoms with Crippen molar-refractivity contribution < 1.29 is 8.81 Å². The maximum atomic E-state index is 12.7. The normalized spacial score (nSPS) is 10.5. The van der Waals surface area contributed by atoms with Gasteiger partial charge in [-0.3, -0.25) is 0 Å². The first-order chi connectivity index (χ1) is 7.29. The molecule has 0 saturated heterocycles. The Morgan fingerprint density at radius 2 is 1.80 bits per heavy atom. The van der Waals surface area contributed by atoms with Crippen LogP contribution in [0.5, 0.6) is 0 Å². The number of furan rings is 1. The molecule has 0 aliphatic heterocycles. The van der Waals surface area contributed by atoms with E-state index in [4.69, 9.17) is 4.42 Å². The highest BCUT2D eigenvalue weighted by Crippen LogP contribution is 2.22. The maximum Gasteiger partial charge on any atom is 0.134 e. The molecule has 1 nitrogen and oxygen atoms in total. The van der Waals surface area contributed by atoms with E-state index in [1.54, 1.807) is 12.1 Å². The lowest BCUT2D eigenvalue weighted by Gasteiger charge is -1.96. The van der Waals surface area contributed by atoms with Gasteiger partial charge in [-0.15, -0.1) is 0 Å². The van der Waals surface area contributed by atoms with E-state index in [0.717, 1.165) is 28.8 Å². The van der Waals surface area contributed by atoms with Gasteiger partial charge in [0.25, 0.3) is 0 Å². The molecule has 1 aromatic carbocycles. The van der Waals surface area contributed by atoms with Crippen molar-refractivity contribution in [2.75, 3.05) is 5.33 Å². The largest absolute Gasteiger partial charge is 0.461 e. The Morgan fingerprint density at radius 1 is 1.07 bits per heavy atom. The number of hydrogen-bond acceptors (Lipinski definition) is 1. The van der Waals surface area contributed by atoms with Gasteiger partial charge in [0.05, 0.1) is 0 Å². The summed E-state index contributed by atoms with van der Waals surface area (Å²) in [5, 5.41) is 0.878. The zero-order valence-corrected chi connectivity index (χ0v) is 9.63. The molecular weight excluding hydrogens is 259 g/mol. The number of halogens is 2. The van der Waals surface area contributed by atoms with Crippen molar-refractivity contribution in [1.29, 1.82) is 0 Å². The van der Waals surface area contributed by atoms with Crippen LogP contribution in [0.15, 0.2) is 40.8 Å². The van der Waals surface area contributed by atoms with Crippen LogP contribution in [0.4, 0.5) is 4.39 Å². The van der Waals surface area contributed by atoms with Crippen LogP contribution in [-0.2, 0) is 6.42 Å². The standard InChI is InChI=1S/C12H10BrFO/c13-8-7-11-5-6-12(15-11)9-1-3-10(14)4-2-9/h1-6H,7-8H2. The lowest BCUT2D eigenvalue weighted by molar-refractivity contribution is 0.531. The average Bonchev–Trinajstić information content (AvgIpc) is 2.68. The second-order valence-electron chi connectivity index (χ2n) is 3.21. The van der Waals surface area contributed by atoms with Gasteiger partial charge in [0.15, 0.2) is 0 Å². The number of alkyl halides is 1. The van der Waals surface area contributed by atoms with Gasteiger partial charge in [-0.25, -0.2) is 4.39 Å². The highest BCUT2D eigenvalue weighted by atomic mass is 79.9. The van der Waals surface area contributed by atoms with Crippen molar-refractivity contribution in [3.05, 3.63) is 48.0 Å². The molecule has 0 aliphatic carbocycles. The summed E-state index contributed by atoms with van der Waals surface area (Å²) in [5.41, 5.74) is 0.900. The highest BCUT2D eigenvalue weighted by Gasteiger charge is 2.04. The Kier molecular flexibility index (Phi) is 3.21. The predicted molar refractivity (Wildman–Crippen MR) is 61.6 cm³/mol. The molecule has 1 aromatic heterocycles. The van der Waals surface area contributed by atoms with E-state index in [2.05, 4.69) is 15.9 Å². The van der Waals surface area contributed by atoms with Gasteiger partial charge in [-0.2, -0.15) is 0 Å². The fourth-order valence-corrected chi connectivity index (χ4v) is 1.77. The molecule has 78 valence electrons. The Labute approximate surface area is 96.0 Å². The minimum absolute atomic E-state index is 0.231. The van der Waals surface area contributed by atoms with Gasteiger partial charge in [0.2, 0.25) is 0 Å². The topological polar surface area (TPSA) is 13.1 Å². The number of aryl methyl sites for hydroxylation is 1. The van der Waals surface area contributed by atoms with Crippen molar-refractivity contribution in [2.45, 2.75) is 6.42 Å². The Balaban J connectivity index is 2.25. The third-order valence-electron chi connectivity index (χ3n) is 2.13. The molecule has 0 saturated carbocycles. The molecule has 0 atom stereocenters. The zero-order chi connectivity index (χ0) is 10.7. The van der Waals surface area contributed by atoms with E-state index in [1.807, 2.05) is 12.1 Å². The highest BCUT2D eigenvalue weighted by molar-refractivity contribution is 9.09. The lowest BCUT2D eigenvalue weighted by Crippen LogP contribution is -1.79. The van der Waals surface area contributed by atoms with Crippen molar-refractivity contribution in [2.24, 2.45) is 0 Å². The summed E-state index contributed by atoms with van der Waals surface area (Å²) in [6.45, 7) is 0. The summed E-state index contributed by atoms with van der Waals surface area (Å²) in [5.74, 6) is 1.49. The summed E-state index contributed by atoms with van der Waals surface area (Å²) < 4.78 is 18.3. The lowest BCUT2D eigenvalue weighted by atomic mass is 10.2. The predicted octanol–water partition coefficient (Wildman–Crippen LogP) is 4.02. The molecule has 3 heteroatoms. The molecular formula is C12H10BrFO. The number of hydrogen-bond donors (Lipinski definition) is 0. The smallest absolute Gasteiger partial charge is 0.134 e. The van der Waals surface area contributed by atoms with Gasteiger partial charge >= 0.3 is 0 Å². The monoisotopic (exact) mass is 268 g/mol. The van der Waals surface area contributed by atoms with Crippen LogP contribution < -0.4 is 0 Å². The maximum absolute atomic E-state index is 12.7. The number of rotatable bonds is 3. The van der Waals surface area contributed by atoms with Crippen LogP contribution in [0.25, 0.3) is 11.3 Å². The van der Waals surface area contributed by atoms with Crippen LogP contribution in [-0.4, -0.2) is 5.33 Å². The molecule has 0 N–H and O–H groups in total. The second-order valence-corrected chi connectivity index (χ2v) is 4.00. The molecule has 0 aliphatic rings. The van der Waals surface area contributed by atoms with Gasteiger partial charge < -0.3 is 4.42 Å². The fourth-order valence-electron chi connectivity index (χ4n) is 1.37. The van der Waals surface area contributed by atoms with Crippen molar-refractivity contribution in [1.82, 2.24) is 0 Å². The minimum Gasteiger partial charge on any atom is -0.461 e. The molecule has 1 heterocycles. The van der Waals surface area contributed by atoms with E-state index < -0.39 is 0 Å². The SMILES string of the molecule is Fc1ccc(-c2ccc(CCBr)o2)cc1. The third-order valence-corrected chi connectivity index (χ3v) is 2.53. The summed E-state index contributed by atoms with van der Waals surface area (Å²) in [6, 6.07) is 10.1. The van der Waals surface area contributed by atoms with Crippen LogP contribution in [0.2, 0.25) is 0 Å². The van der Waals surface area contributed by atoms with Gasteiger partial charge in [-0.05, 0) is 36.4 Å². The van der Waals surface area contributed by atoms with Crippen molar-refractivity contribution in [3.63, 3.8) is 0 Å². The summed E-state index contributed by atoms with van der Waals surface area (Å²) >= 11 is 3.35. The molecule has 0 bridgehead atoms. The van der Waals surface area contributed by atoms with Crippen molar-refractivity contribution in [3.8, 4) is 11.3 Å². The molecule has 0 fully saturated rings. The zero-order valence-electron chi connectivity index (χ0n) is 8.04. The molecule has 0 amide bonds. The Hall–Kier alpha value is -1.09. The summed E-state index contributed by atoms with van der Waals surface area (Å²) in [7, 11) is 0. The summed E-state index contributed by atoms with van der Waals surface area (Å²) in [6.07, 6.45) is 0.862. The van der Waals surface area contributed by atoms with Gasteiger partial charge in [0, 0.05) is 17.3 Å². The molecule has 15 heavy (non-hydrogen) atoms. The first-order valence-corrected chi connectivity index (χ1v) is 5.82. The van der Waals surface area contributed by atoms with Crippen LogP contribution in [0, 0.1) is 5.82 Å². The van der Waals surface area contributed by atoms with Crippen LogP contribution >= 0.6 is 15.9 Å². The quantitative estimate of drug-likeness (QED) is 0.767. The average molecular weight is 269 g/mol. The molecule has 2 aromatic rings. The van der Waals surface area contributed by atoms with Crippen LogP contribution in [0.3, 0.4) is 0 Å². The summed E-state index contributed by atoms with van der Waals surface area (Å²) in [4.78, 5) is 0. The number of benzene rings is 1. The molecule has 2 rings (SSSR count). The molecule has 0 unspecified atom stereocenters. The van der Waals surface area contributed by atoms with Gasteiger partial charge in [0.1, 0.15) is 17.3 Å².